The Balaban J connectivity index is 1.53. The van der Waals surface area contributed by atoms with Gasteiger partial charge in [-0.1, -0.05) is 0 Å². The maximum atomic E-state index is 13.2. The van der Waals surface area contributed by atoms with Crippen molar-refractivity contribution in [2.45, 2.75) is 45.6 Å². The predicted octanol–water partition coefficient (Wildman–Crippen LogP) is 3.45. The van der Waals surface area contributed by atoms with E-state index in [1.807, 2.05) is 26.1 Å². The lowest BCUT2D eigenvalue weighted by Gasteiger charge is -2.33. The summed E-state index contributed by atoms with van der Waals surface area (Å²) in [4.78, 5) is 19.4. The van der Waals surface area contributed by atoms with Crippen LogP contribution in [0.1, 0.15) is 60.7 Å². The molecule has 7 nitrogen and oxygen atoms in total. The zero-order valence-electron chi connectivity index (χ0n) is 18.7. The van der Waals surface area contributed by atoms with Gasteiger partial charge in [0.2, 0.25) is 10.0 Å². The minimum atomic E-state index is -3.13. The number of piperidine rings is 1. The molecule has 8 heteroatoms. The average Bonchev–Trinajstić information content (AvgIpc) is 2.99. The van der Waals surface area contributed by atoms with E-state index in [0.717, 1.165) is 36.1 Å². The third-order valence-corrected chi connectivity index (χ3v) is 8.58. The number of rotatable bonds is 5. The molecule has 1 fully saturated rings. The third-order valence-electron chi connectivity index (χ3n) is 6.70. The van der Waals surface area contributed by atoms with Crippen LogP contribution in [0.15, 0.2) is 36.7 Å². The molecule has 1 aromatic heterocycles. The Labute approximate surface area is 189 Å². The number of carbonyl (C=O) groups excluding carboxylic acids is 1. The van der Waals surface area contributed by atoms with Crippen molar-refractivity contribution < 1.29 is 13.2 Å². The van der Waals surface area contributed by atoms with E-state index >= 15 is 0 Å². The minimum absolute atomic E-state index is 0.0912. The molecule has 1 amide bonds. The molecule has 2 aliphatic heterocycles. The van der Waals surface area contributed by atoms with Crippen LogP contribution in [0.5, 0.6) is 0 Å². The lowest BCUT2D eigenvalue weighted by atomic mass is 9.91. The van der Waals surface area contributed by atoms with E-state index in [2.05, 4.69) is 11.1 Å². The van der Waals surface area contributed by atoms with Crippen LogP contribution in [0.3, 0.4) is 0 Å². The minimum Gasteiger partial charge on any atom is -0.297 e. The highest BCUT2D eigenvalue weighted by Gasteiger charge is 2.44. The van der Waals surface area contributed by atoms with E-state index in [4.69, 9.17) is 0 Å². The molecule has 0 bridgehead atoms. The van der Waals surface area contributed by atoms with E-state index in [1.165, 1.54) is 0 Å². The number of sulfonamides is 1. The van der Waals surface area contributed by atoms with Crippen LogP contribution >= 0.6 is 0 Å². The van der Waals surface area contributed by atoms with Gasteiger partial charge in [-0.2, -0.15) is 5.26 Å². The summed E-state index contributed by atoms with van der Waals surface area (Å²) < 4.78 is 25.8. The van der Waals surface area contributed by atoms with E-state index in [0.29, 0.717) is 30.1 Å². The normalized spacial score (nSPS) is 19.1. The summed E-state index contributed by atoms with van der Waals surface area (Å²) in [5.74, 6) is 0.432. The van der Waals surface area contributed by atoms with Gasteiger partial charge >= 0.3 is 0 Å². The zero-order valence-corrected chi connectivity index (χ0v) is 19.5. The summed E-state index contributed by atoms with van der Waals surface area (Å²) in [7, 11) is -3.13. The molecule has 2 aromatic rings. The highest BCUT2D eigenvalue weighted by atomic mass is 32.2. The van der Waals surface area contributed by atoms with Crippen LogP contribution in [0.25, 0.3) is 0 Å². The number of carbonyl (C=O) groups is 1. The summed E-state index contributed by atoms with van der Waals surface area (Å²) >= 11 is 0. The molecule has 168 valence electrons. The smallest absolute Gasteiger partial charge is 0.259 e. The average molecular weight is 453 g/mol. The molecule has 0 spiro atoms. The molecular weight excluding hydrogens is 424 g/mol. The van der Waals surface area contributed by atoms with Crippen molar-refractivity contribution in [2.24, 2.45) is 5.92 Å². The van der Waals surface area contributed by atoms with Gasteiger partial charge in [0.25, 0.3) is 5.91 Å². The van der Waals surface area contributed by atoms with Gasteiger partial charge in [0.15, 0.2) is 0 Å². The van der Waals surface area contributed by atoms with E-state index < -0.39 is 15.6 Å². The SMILES string of the molecule is CCS(=O)(=O)N1CCC(Cc2cncc(N3C(=O)c4ccc(C#N)cc4C3(C)C)c2)CC1. The second kappa shape index (κ2) is 8.30. The van der Waals surface area contributed by atoms with Gasteiger partial charge < -0.3 is 0 Å². The van der Waals surface area contributed by atoms with Gasteiger partial charge in [0, 0.05) is 24.8 Å². The monoisotopic (exact) mass is 452 g/mol. The number of hydrogen-bond donors (Lipinski definition) is 0. The Morgan fingerprint density at radius 2 is 1.91 bits per heavy atom. The number of benzene rings is 1. The van der Waals surface area contributed by atoms with E-state index in [9.17, 15) is 18.5 Å². The quantitative estimate of drug-likeness (QED) is 0.692. The van der Waals surface area contributed by atoms with Crippen molar-refractivity contribution in [2.75, 3.05) is 23.7 Å². The second-order valence-electron chi connectivity index (χ2n) is 9.07. The van der Waals surface area contributed by atoms with Crippen molar-refractivity contribution in [3.8, 4) is 6.07 Å². The first-order valence-corrected chi connectivity index (χ1v) is 12.6. The van der Waals surface area contributed by atoms with Crippen molar-refractivity contribution >= 4 is 21.6 Å². The fourth-order valence-electron chi connectivity index (χ4n) is 4.86. The summed E-state index contributed by atoms with van der Waals surface area (Å²) in [6.45, 7) is 6.76. The molecule has 0 unspecified atom stereocenters. The molecule has 2 aliphatic rings. The van der Waals surface area contributed by atoms with Crippen LogP contribution in [0, 0.1) is 17.2 Å². The summed E-state index contributed by atoms with van der Waals surface area (Å²) in [5, 5.41) is 9.26. The van der Waals surface area contributed by atoms with Crippen LogP contribution in [0.2, 0.25) is 0 Å². The highest BCUT2D eigenvalue weighted by Crippen LogP contribution is 2.42. The topological polar surface area (TPSA) is 94.4 Å². The summed E-state index contributed by atoms with van der Waals surface area (Å²) in [6.07, 6.45) is 5.97. The molecular formula is C24H28N4O3S. The number of nitriles is 1. The van der Waals surface area contributed by atoms with Crippen molar-refractivity contribution in [3.63, 3.8) is 0 Å². The summed E-state index contributed by atoms with van der Waals surface area (Å²) in [5.41, 5.74) is 3.17. The Bertz CT molecular complexity index is 1190. The Kier molecular flexibility index (Phi) is 5.82. The molecule has 4 rings (SSSR count). The van der Waals surface area contributed by atoms with Gasteiger partial charge in [-0.25, -0.2) is 12.7 Å². The molecule has 0 aliphatic carbocycles. The maximum Gasteiger partial charge on any atom is 0.259 e. The molecule has 0 saturated carbocycles. The number of aromatic nitrogens is 1. The predicted molar refractivity (Wildman–Crippen MR) is 123 cm³/mol. The third kappa shape index (κ3) is 3.91. The lowest BCUT2D eigenvalue weighted by molar-refractivity contribution is 0.0982. The van der Waals surface area contributed by atoms with Crippen LogP contribution in [-0.4, -0.2) is 42.5 Å². The van der Waals surface area contributed by atoms with Gasteiger partial charge in [-0.3, -0.25) is 14.7 Å². The highest BCUT2D eigenvalue weighted by molar-refractivity contribution is 7.89. The van der Waals surface area contributed by atoms with Gasteiger partial charge in [-0.15, -0.1) is 0 Å². The Hall–Kier alpha value is -2.76. The molecule has 32 heavy (non-hydrogen) atoms. The second-order valence-corrected chi connectivity index (χ2v) is 11.3. The first kappa shape index (κ1) is 22.4. The van der Waals surface area contributed by atoms with Gasteiger partial charge in [-0.05, 0) is 81.3 Å². The fourth-order valence-corrected chi connectivity index (χ4v) is 5.99. The molecule has 0 radical (unpaired) electrons. The summed E-state index contributed by atoms with van der Waals surface area (Å²) in [6, 6.07) is 9.36. The lowest BCUT2D eigenvalue weighted by Crippen LogP contribution is -2.40. The number of hydrogen-bond acceptors (Lipinski definition) is 5. The zero-order chi connectivity index (χ0) is 23.1. The van der Waals surface area contributed by atoms with Crippen molar-refractivity contribution in [3.05, 3.63) is 58.9 Å². The molecule has 3 heterocycles. The van der Waals surface area contributed by atoms with Crippen LogP contribution in [-0.2, 0) is 22.0 Å². The first-order valence-electron chi connectivity index (χ1n) is 11.0. The van der Waals surface area contributed by atoms with Gasteiger partial charge in [0.1, 0.15) is 0 Å². The Morgan fingerprint density at radius 3 is 2.56 bits per heavy atom. The Morgan fingerprint density at radius 1 is 1.19 bits per heavy atom. The molecule has 0 atom stereocenters. The first-order chi connectivity index (χ1) is 15.2. The number of amides is 1. The van der Waals surface area contributed by atoms with Crippen LogP contribution in [0.4, 0.5) is 5.69 Å². The van der Waals surface area contributed by atoms with Gasteiger partial charge in [0.05, 0.1) is 34.8 Å². The van der Waals surface area contributed by atoms with E-state index in [-0.39, 0.29) is 11.7 Å². The number of pyridine rings is 1. The van der Waals surface area contributed by atoms with E-state index in [1.54, 1.807) is 40.5 Å². The standard InChI is InChI=1S/C24H28N4O3S/c1-4-32(30,31)27-9-7-17(8-10-27)11-19-12-20(16-26-15-19)28-23(29)21-6-5-18(14-25)13-22(21)24(28,2)3/h5-6,12-13,15-17H,4,7-11H2,1-3H3. The molecule has 1 aromatic carbocycles. The van der Waals surface area contributed by atoms with Crippen LogP contribution < -0.4 is 4.90 Å². The number of fused-ring (bicyclic) bond motifs is 1. The number of nitrogens with zero attached hydrogens (tertiary/aromatic N) is 4. The maximum absolute atomic E-state index is 13.2. The van der Waals surface area contributed by atoms with Crippen molar-refractivity contribution in [1.29, 1.82) is 5.26 Å². The van der Waals surface area contributed by atoms with Crippen molar-refractivity contribution in [1.82, 2.24) is 9.29 Å². The largest absolute Gasteiger partial charge is 0.297 e. The number of anilines is 1. The molecule has 0 N–H and O–H groups in total. The fraction of sp³-hybridized carbons (Fsp3) is 0.458. The molecule has 1 saturated heterocycles.